The second kappa shape index (κ2) is 8.29. The fraction of sp³-hybridized carbons (Fsp3) is 0.500. The Hall–Kier alpha value is -1.63. The van der Waals surface area contributed by atoms with Crippen molar-refractivity contribution >= 4 is 24.2 Å². The van der Waals surface area contributed by atoms with E-state index in [4.69, 9.17) is 10.5 Å². The third-order valence-corrected chi connectivity index (χ3v) is 3.90. The lowest BCUT2D eigenvalue weighted by atomic mass is 9.92. The van der Waals surface area contributed by atoms with Crippen LogP contribution >= 0.6 is 12.4 Å². The molecular formula is C16H24ClN3O3. The molecule has 7 heteroatoms. The average Bonchev–Trinajstić information content (AvgIpc) is 2.55. The Morgan fingerprint density at radius 3 is 2.39 bits per heavy atom. The molecule has 1 atom stereocenters. The van der Waals surface area contributed by atoms with E-state index in [-0.39, 0.29) is 30.8 Å². The molecule has 2 amide bonds. The van der Waals surface area contributed by atoms with Gasteiger partial charge in [0.15, 0.2) is 0 Å². The third-order valence-electron chi connectivity index (χ3n) is 3.90. The fourth-order valence-electron chi connectivity index (χ4n) is 2.49. The SMILES string of the molecule is CN(CC(=O)N1CCOCC1)C(=O)C(C)(N)c1ccccc1.Cl. The molecule has 1 aliphatic rings. The van der Waals surface area contributed by atoms with Crippen molar-refractivity contribution in [2.24, 2.45) is 5.73 Å². The molecule has 6 nitrogen and oxygen atoms in total. The second-order valence-electron chi connectivity index (χ2n) is 5.72. The van der Waals surface area contributed by atoms with Crippen molar-refractivity contribution < 1.29 is 14.3 Å². The highest BCUT2D eigenvalue weighted by Gasteiger charge is 2.34. The zero-order valence-corrected chi connectivity index (χ0v) is 14.3. The molecule has 23 heavy (non-hydrogen) atoms. The molecule has 128 valence electrons. The molecule has 2 N–H and O–H groups in total. The average molecular weight is 342 g/mol. The van der Waals surface area contributed by atoms with Gasteiger partial charge in [-0.1, -0.05) is 30.3 Å². The van der Waals surface area contributed by atoms with Crippen molar-refractivity contribution in [1.82, 2.24) is 9.80 Å². The van der Waals surface area contributed by atoms with Crippen LogP contribution < -0.4 is 5.73 Å². The smallest absolute Gasteiger partial charge is 0.247 e. The van der Waals surface area contributed by atoms with Crippen LogP contribution in [0.2, 0.25) is 0 Å². The van der Waals surface area contributed by atoms with Crippen LogP contribution in [0.5, 0.6) is 0 Å². The Morgan fingerprint density at radius 2 is 1.83 bits per heavy atom. The minimum absolute atomic E-state index is 0. The topological polar surface area (TPSA) is 75.9 Å². The Labute approximate surface area is 143 Å². The predicted octanol–water partition coefficient (Wildman–Crippen LogP) is 0.600. The van der Waals surface area contributed by atoms with E-state index >= 15 is 0 Å². The van der Waals surface area contributed by atoms with Gasteiger partial charge in [-0.15, -0.1) is 12.4 Å². The number of likely N-dealkylation sites (N-methyl/N-ethyl adjacent to an activating group) is 1. The van der Waals surface area contributed by atoms with E-state index in [0.717, 1.165) is 5.56 Å². The number of hydrogen-bond donors (Lipinski definition) is 1. The van der Waals surface area contributed by atoms with Crippen LogP contribution in [0.15, 0.2) is 30.3 Å². The van der Waals surface area contributed by atoms with Crippen LogP contribution in [0.25, 0.3) is 0 Å². The molecule has 0 saturated carbocycles. The molecule has 1 aliphatic heterocycles. The van der Waals surface area contributed by atoms with Gasteiger partial charge < -0.3 is 20.3 Å². The molecule has 2 rings (SSSR count). The van der Waals surface area contributed by atoms with E-state index in [1.807, 2.05) is 30.3 Å². The highest BCUT2D eigenvalue weighted by molar-refractivity contribution is 5.90. The number of carbonyl (C=O) groups excluding carboxylic acids is 2. The number of halogens is 1. The highest BCUT2D eigenvalue weighted by atomic mass is 35.5. The molecule has 0 aromatic heterocycles. The summed E-state index contributed by atoms with van der Waals surface area (Å²) in [4.78, 5) is 27.9. The number of ether oxygens (including phenoxy) is 1. The zero-order valence-electron chi connectivity index (χ0n) is 13.5. The summed E-state index contributed by atoms with van der Waals surface area (Å²) in [6.07, 6.45) is 0. The third kappa shape index (κ3) is 4.67. The van der Waals surface area contributed by atoms with Crippen LogP contribution in [0, 0.1) is 0 Å². The van der Waals surface area contributed by atoms with E-state index in [1.165, 1.54) is 4.90 Å². The molecule has 1 unspecified atom stereocenters. The van der Waals surface area contributed by atoms with Gasteiger partial charge in [-0.25, -0.2) is 0 Å². The van der Waals surface area contributed by atoms with Crippen molar-refractivity contribution in [2.45, 2.75) is 12.5 Å². The number of benzene rings is 1. The lowest BCUT2D eigenvalue weighted by Gasteiger charge is -2.32. The van der Waals surface area contributed by atoms with Crippen LogP contribution in [0.4, 0.5) is 0 Å². The molecule has 1 saturated heterocycles. The van der Waals surface area contributed by atoms with Crippen LogP contribution in [-0.2, 0) is 19.9 Å². The van der Waals surface area contributed by atoms with Crippen molar-refractivity contribution in [3.63, 3.8) is 0 Å². The summed E-state index contributed by atoms with van der Waals surface area (Å²) < 4.78 is 5.22. The molecular weight excluding hydrogens is 318 g/mol. The van der Waals surface area contributed by atoms with E-state index in [2.05, 4.69) is 0 Å². The van der Waals surface area contributed by atoms with Crippen LogP contribution in [0.1, 0.15) is 12.5 Å². The Kier molecular flexibility index (Phi) is 7.00. The lowest BCUT2D eigenvalue weighted by molar-refractivity contribution is -0.144. The maximum atomic E-state index is 12.6. The number of carbonyl (C=O) groups is 2. The van der Waals surface area contributed by atoms with Crippen molar-refractivity contribution in [1.29, 1.82) is 0 Å². The molecule has 0 spiro atoms. The quantitative estimate of drug-likeness (QED) is 0.870. The molecule has 1 fully saturated rings. The van der Waals surface area contributed by atoms with E-state index in [9.17, 15) is 9.59 Å². The van der Waals surface area contributed by atoms with Crippen molar-refractivity contribution in [3.05, 3.63) is 35.9 Å². The summed E-state index contributed by atoms with van der Waals surface area (Å²) in [6, 6.07) is 9.18. The van der Waals surface area contributed by atoms with Gasteiger partial charge >= 0.3 is 0 Å². The Morgan fingerprint density at radius 1 is 1.26 bits per heavy atom. The van der Waals surface area contributed by atoms with Gasteiger partial charge in [0.1, 0.15) is 5.54 Å². The van der Waals surface area contributed by atoms with Gasteiger partial charge in [0.2, 0.25) is 11.8 Å². The van der Waals surface area contributed by atoms with Crippen molar-refractivity contribution in [2.75, 3.05) is 39.9 Å². The normalized spacial score (nSPS) is 16.9. The van der Waals surface area contributed by atoms with Crippen LogP contribution in [0.3, 0.4) is 0 Å². The monoisotopic (exact) mass is 341 g/mol. The van der Waals surface area contributed by atoms with Crippen LogP contribution in [-0.4, -0.2) is 61.5 Å². The lowest BCUT2D eigenvalue weighted by Crippen LogP contribution is -2.53. The number of amides is 2. The van der Waals surface area contributed by atoms with Crippen molar-refractivity contribution in [3.8, 4) is 0 Å². The van der Waals surface area contributed by atoms with Gasteiger partial charge in [-0.2, -0.15) is 0 Å². The summed E-state index contributed by atoms with van der Waals surface area (Å²) in [5, 5.41) is 0. The van der Waals surface area contributed by atoms with Gasteiger partial charge in [0.25, 0.3) is 0 Å². The first kappa shape index (κ1) is 19.4. The number of nitrogens with two attached hydrogens (primary N) is 1. The molecule has 0 aliphatic carbocycles. The molecule has 0 bridgehead atoms. The molecule has 0 radical (unpaired) electrons. The molecule has 1 heterocycles. The van der Waals surface area contributed by atoms with E-state index in [0.29, 0.717) is 26.3 Å². The molecule has 1 aromatic carbocycles. The number of rotatable bonds is 4. The maximum absolute atomic E-state index is 12.6. The number of nitrogens with zero attached hydrogens (tertiary/aromatic N) is 2. The second-order valence-corrected chi connectivity index (χ2v) is 5.72. The number of hydrogen-bond acceptors (Lipinski definition) is 4. The largest absolute Gasteiger partial charge is 0.378 e. The predicted molar refractivity (Wildman–Crippen MR) is 90.3 cm³/mol. The van der Waals surface area contributed by atoms with E-state index < -0.39 is 5.54 Å². The molecule has 1 aromatic rings. The summed E-state index contributed by atoms with van der Waals surface area (Å²) in [5.74, 6) is -0.358. The fourth-order valence-corrected chi connectivity index (χ4v) is 2.49. The highest BCUT2D eigenvalue weighted by Crippen LogP contribution is 2.19. The summed E-state index contributed by atoms with van der Waals surface area (Å²) in [5.41, 5.74) is 5.78. The van der Waals surface area contributed by atoms with Gasteiger partial charge in [0, 0.05) is 20.1 Å². The number of morpholine rings is 1. The van der Waals surface area contributed by atoms with Gasteiger partial charge in [-0.05, 0) is 12.5 Å². The summed E-state index contributed by atoms with van der Waals surface area (Å²) in [7, 11) is 1.61. The summed E-state index contributed by atoms with van der Waals surface area (Å²) >= 11 is 0. The van der Waals surface area contributed by atoms with Gasteiger partial charge in [-0.3, -0.25) is 9.59 Å². The summed E-state index contributed by atoms with van der Waals surface area (Å²) in [6.45, 7) is 3.92. The first-order chi connectivity index (χ1) is 10.4. The van der Waals surface area contributed by atoms with E-state index in [1.54, 1.807) is 18.9 Å². The standard InChI is InChI=1S/C16H23N3O3.ClH/c1-16(17,13-6-4-3-5-7-13)15(21)18(2)12-14(20)19-8-10-22-11-9-19;/h3-7H,8-12,17H2,1-2H3;1H. The first-order valence-corrected chi connectivity index (χ1v) is 7.38. The Bertz CT molecular complexity index is 531. The maximum Gasteiger partial charge on any atom is 0.247 e. The minimum atomic E-state index is -1.15. The zero-order chi connectivity index (χ0) is 16.2. The Balaban J connectivity index is 0.00000264. The van der Waals surface area contributed by atoms with Gasteiger partial charge in [0.05, 0.1) is 19.8 Å². The minimum Gasteiger partial charge on any atom is -0.378 e. The first-order valence-electron chi connectivity index (χ1n) is 7.38.